The molecule has 2 aromatic carbocycles. The summed E-state index contributed by atoms with van der Waals surface area (Å²) in [5, 5.41) is 0. The normalized spacial score (nSPS) is 13.5. The molecular formula is C19H18F3N3O2S. The molecule has 1 N–H and O–H groups in total. The summed E-state index contributed by atoms with van der Waals surface area (Å²) in [4.78, 5) is 3.54. The Hall–Kier alpha value is -2.65. The minimum absolute atomic E-state index is 0.0328. The van der Waals surface area contributed by atoms with E-state index >= 15 is 0 Å². The number of nitrogens with zero attached hydrogens (tertiary/aromatic N) is 2. The third kappa shape index (κ3) is 4.26. The first-order valence-electron chi connectivity index (χ1n) is 8.36. The molecule has 0 bridgehead atoms. The van der Waals surface area contributed by atoms with E-state index in [4.69, 9.17) is 0 Å². The van der Waals surface area contributed by atoms with Crippen LogP contribution in [0.3, 0.4) is 0 Å². The predicted octanol–water partition coefficient (Wildman–Crippen LogP) is 4.24. The Bertz CT molecular complexity index is 1060. The molecule has 0 aliphatic heterocycles. The summed E-state index contributed by atoms with van der Waals surface area (Å²) < 4.78 is 68.6. The maximum absolute atomic E-state index is 13.1. The number of nitrogens with one attached hydrogen (secondary N) is 1. The first-order valence-corrected chi connectivity index (χ1v) is 9.85. The Morgan fingerprint density at radius 2 is 1.79 bits per heavy atom. The van der Waals surface area contributed by atoms with Gasteiger partial charge < -0.3 is 4.57 Å². The van der Waals surface area contributed by atoms with Crippen molar-refractivity contribution in [3.63, 3.8) is 0 Å². The predicted molar refractivity (Wildman–Crippen MR) is 98.5 cm³/mol. The zero-order valence-corrected chi connectivity index (χ0v) is 15.9. The van der Waals surface area contributed by atoms with Gasteiger partial charge in [0.05, 0.1) is 16.8 Å². The van der Waals surface area contributed by atoms with Crippen molar-refractivity contribution in [2.24, 2.45) is 0 Å². The number of alkyl halides is 3. The summed E-state index contributed by atoms with van der Waals surface area (Å²) in [7, 11) is -4.13. The first-order chi connectivity index (χ1) is 13.1. The van der Waals surface area contributed by atoms with Crippen LogP contribution in [0.2, 0.25) is 0 Å². The second-order valence-electron chi connectivity index (χ2n) is 6.38. The van der Waals surface area contributed by atoms with Gasteiger partial charge in [0, 0.05) is 24.1 Å². The van der Waals surface area contributed by atoms with Gasteiger partial charge >= 0.3 is 6.18 Å². The largest absolute Gasteiger partial charge is 0.416 e. The lowest BCUT2D eigenvalue weighted by molar-refractivity contribution is -0.138. The van der Waals surface area contributed by atoms with Gasteiger partial charge in [0.2, 0.25) is 10.0 Å². The van der Waals surface area contributed by atoms with E-state index in [0.29, 0.717) is 11.6 Å². The molecule has 1 atom stereocenters. The molecule has 0 saturated carbocycles. The maximum atomic E-state index is 13.1. The topological polar surface area (TPSA) is 64.0 Å². The monoisotopic (exact) mass is 409 g/mol. The van der Waals surface area contributed by atoms with Crippen molar-refractivity contribution in [2.45, 2.75) is 31.0 Å². The number of hydrogen-bond donors (Lipinski definition) is 1. The van der Waals surface area contributed by atoms with Gasteiger partial charge in [0.1, 0.15) is 0 Å². The molecule has 3 rings (SSSR count). The molecule has 0 spiro atoms. The second-order valence-corrected chi connectivity index (χ2v) is 8.09. The smallest absolute Gasteiger partial charge is 0.306 e. The fourth-order valence-electron chi connectivity index (χ4n) is 2.79. The molecule has 3 aromatic rings. The van der Waals surface area contributed by atoms with E-state index in [2.05, 4.69) is 9.71 Å². The summed E-state index contributed by atoms with van der Waals surface area (Å²) in [6.45, 7) is 2.92. The Labute approximate surface area is 160 Å². The first kappa shape index (κ1) is 20.1. The number of hydrogen-bond acceptors (Lipinski definition) is 3. The van der Waals surface area contributed by atoms with Crippen LogP contribution < -0.4 is 4.72 Å². The van der Waals surface area contributed by atoms with Crippen LogP contribution in [0.25, 0.3) is 5.69 Å². The number of aryl methyl sites for hydroxylation is 1. The lowest BCUT2D eigenvalue weighted by Gasteiger charge is -2.17. The summed E-state index contributed by atoms with van der Waals surface area (Å²) in [6.07, 6.45) is 0.430. The lowest BCUT2D eigenvalue weighted by atomic mass is 10.1. The summed E-state index contributed by atoms with van der Waals surface area (Å²) in [6, 6.07) is 9.45. The molecule has 1 heterocycles. The van der Waals surface area contributed by atoms with Crippen LogP contribution in [0.4, 0.5) is 13.2 Å². The fraction of sp³-hybridized carbons (Fsp3) is 0.211. The zero-order valence-electron chi connectivity index (χ0n) is 15.1. The maximum Gasteiger partial charge on any atom is 0.416 e. The van der Waals surface area contributed by atoms with Crippen LogP contribution in [-0.2, 0) is 16.2 Å². The third-order valence-electron chi connectivity index (χ3n) is 4.35. The molecule has 28 heavy (non-hydrogen) atoms. The van der Waals surface area contributed by atoms with Crippen LogP contribution >= 0.6 is 0 Å². The molecule has 1 unspecified atom stereocenters. The van der Waals surface area contributed by atoms with E-state index in [9.17, 15) is 21.6 Å². The molecule has 0 amide bonds. The van der Waals surface area contributed by atoms with Gasteiger partial charge in [-0.15, -0.1) is 0 Å². The van der Waals surface area contributed by atoms with Crippen molar-refractivity contribution in [2.75, 3.05) is 0 Å². The van der Waals surface area contributed by atoms with Gasteiger partial charge in [-0.2, -0.15) is 13.2 Å². The van der Waals surface area contributed by atoms with Gasteiger partial charge in [-0.3, -0.25) is 0 Å². The van der Waals surface area contributed by atoms with Crippen LogP contribution in [0.5, 0.6) is 0 Å². The molecule has 148 valence electrons. The fourth-order valence-corrected chi connectivity index (χ4v) is 4.05. The van der Waals surface area contributed by atoms with E-state index in [1.165, 1.54) is 13.0 Å². The lowest BCUT2D eigenvalue weighted by Crippen LogP contribution is -2.27. The van der Waals surface area contributed by atoms with Crippen molar-refractivity contribution in [1.29, 1.82) is 0 Å². The van der Waals surface area contributed by atoms with E-state index in [-0.39, 0.29) is 5.56 Å². The number of aromatic nitrogens is 2. The minimum atomic E-state index is -4.62. The molecule has 1 aromatic heterocycles. The molecule has 0 fully saturated rings. The standard InChI is InChI=1S/C19H18F3N3O2S/c1-13-3-8-17(11-18(13)19(20,21)22)28(26,27)24-14(2)15-4-6-16(7-5-15)25-10-9-23-12-25/h3-12,14,24H,1-2H3. The Balaban J connectivity index is 1.82. The number of halogens is 3. The number of sulfonamides is 1. The molecule has 9 heteroatoms. The zero-order chi connectivity index (χ0) is 20.5. The van der Waals surface area contributed by atoms with Gasteiger partial charge in [-0.1, -0.05) is 18.2 Å². The van der Waals surface area contributed by atoms with Gasteiger partial charge in [0.25, 0.3) is 0 Å². The van der Waals surface area contributed by atoms with Crippen LogP contribution in [0.1, 0.15) is 29.7 Å². The van der Waals surface area contributed by atoms with Crippen molar-refractivity contribution < 1.29 is 21.6 Å². The average Bonchev–Trinajstić information content (AvgIpc) is 3.15. The number of rotatable bonds is 5. The van der Waals surface area contributed by atoms with Crippen LogP contribution in [0.15, 0.2) is 66.1 Å². The van der Waals surface area contributed by atoms with Crippen molar-refractivity contribution >= 4 is 10.0 Å². The van der Waals surface area contributed by atoms with Gasteiger partial charge in [0.15, 0.2) is 0 Å². The summed E-state index contributed by atoms with van der Waals surface area (Å²) in [5.41, 5.74) is 0.530. The van der Waals surface area contributed by atoms with E-state index in [0.717, 1.165) is 11.8 Å². The number of benzene rings is 2. The highest BCUT2D eigenvalue weighted by Crippen LogP contribution is 2.33. The molecule has 0 saturated heterocycles. The molecule has 0 aliphatic carbocycles. The van der Waals surface area contributed by atoms with Crippen LogP contribution in [0, 0.1) is 6.92 Å². The number of imidazole rings is 1. The minimum Gasteiger partial charge on any atom is -0.306 e. The quantitative estimate of drug-likeness (QED) is 0.686. The van der Waals surface area contributed by atoms with Crippen LogP contribution in [-0.4, -0.2) is 18.0 Å². The van der Waals surface area contributed by atoms with Crippen molar-refractivity contribution in [1.82, 2.24) is 14.3 Å². The third-order valence-corrected chi connectivity index (χ3v) is 5.89. The summed E-state index contributed by atoms with van der Waals surface area (Å²) >= 11 is 0. The Morgan fingerprint density at radius 1 is 1.11 bits per heavy atom. The highest BCUT2D eigenvalue weighted by molar-refractivity contribution is 7.89. The van der Waals surface area contributed by atoms with Gasteiger partial charge in [-0.05, 0) is 49.2 Å². The molecular weight excluding hydrogens is 391 g/mol. The SMILES string of the molecule is Cc1ccc(S(=O)(=O)NC(C)c2ccc(-n3ccnc3)cc2)cc1C(F)(F)F. The molecule has 0 aliphatic rings. The summed E-state index contributed by atoms with van der Waals surface area (Å²) in [5.74, 6) is 0. The Morgan fingerprint density at radius 3 is 2.36 bits per heavy atom. The van der Waals surface area contributed by atoms with Gasteiger partial charge in [-0.25, -0.2) is 18.1 Å². The molecule has 5 nitrogen and oxygen atoms in total. The van der Waals surface area contributed by atoms with E-state index in [1.54, 1.807) is 54.5 Å². The van der Waals surface area contributed by atoms with E-state index in [1.807, 2.05) is 0 Å². The van der Waals surface area contributed by atoms with E-state index < -0.39 is 32.7 Å². The Kier molecular flexibility index (Phi) is 5.31. The highest BCUT2D eigenvalue weighted by atomic mass is 32.2. The average molecular weight is 409 g/mol. The highest BCUT2D eigenvalue weighted by Gasteiger charge is 2.33. The van der Waals surface area contributed by atoms with Crippen molar-refractivity contribution in [3.8, 4) is 5.69 Å². The molecule has 0 radical (unpaired) electrons. The second kappa shape index (κ2) is 7.40. The van der Waals surface area contributed by atoms with Crippen molar-refractivity contribution in [3.05, 3.63) is 77.9 Å².